The van der Waals surface area contributed by atoms with Crippen LogP contribution in [0.1, 0.15) is 37.8 Å². The largest absolute Gasteiger partial charge is 0.351 e. The number of amides is 1. The van der Waals surface area contributed by atoms with Gasteiger partial charge in [0.1, 0.15) is 0 Å². The number of carbonyl (C=O) groups excluding carboxylic acids is 1. The van der Waals surface area contributed by atoms with E-state index in [1.165, 1.54) is 5.56 Å². The second-order valence-electron chi connectivity index (χ2n) is 6.01. The number of hydrogen-bond donors (Lipinski definition) is 2. The Hall–Kier alpha value is -1.35. The predicted octanol–water partition coefficient (Wildman–Crippen LogP) is 2.14. The van der Waals surface area contributed by atoms with Crippen LogP contribution in [0, 0.1) is 6.92 Å². The molecule has 3 nitrogen and oxygen atoms in total. The highest BCUT2D eigenvalue weighted by molar-refractivity contribution is 5.87. The van der Waals surface area contributed by atoms with Gasteiger partial charge in [0.2, 0.25) is 5.91 Å². The highest BCUT2D eigenvalue weighted by Crippen LogP contribution is 2.24. The van der Waals surface area contributed by atoms with Crippen LogP contribution in [0.2, 0.25) is 0 Å². The van der Waals surface area contributed by atoms with E-state index in [4.69, 9.17) is 0 Å². The molecular formula is C16H24N2O. The first-order valence-electron chi connectivity index (χ1n) is 7.09. The van der Waals surface area contributed by atoms with Crippen molar-refractivity contribution < 1.29 is 4.79 Å². The molecule has 0 spiro atoms. The van der Waals surface area contributed by atoms with Crippen LogP contribution in [0.25, 0.3) is 0 Å². The molecule has 0 aromatic heterocycles. The maximum Gasteiger partial charge on any atom is 0.230 e. The Bertz CT molecular complexity index is 431. The van der Waals surface area contributed by atoms with Crippen LogP contribution >= 0.6 is 0 Å². The van der Waals surface area contributed by atoms with Crippen LogP contribution in [0.4, 0.5) is 0 Å². The van der Waals surface area contributed by atoms with E-state index in [9.17, 15) is 4.79 Å². The molecule has 1 fully saturated rings. The van der Waals surface area contributed by atoms with Crippen LogP contribution in [-0.2, 0) is 10.2 Å². The summed E-state index contributed by atoms with van der Waals surface area (Å²) in [7, 11) is 0. The second-order valence-corrected chi connectivity index (χ2v) is 6.01. The first-order chi connectivity index (χ1) is 9.00. The number of aryl methyl sites for hydroxylation is 1. The van der Waals surface area contributed by atoms with Gasteiger partial charge in [-0.05, 0) is 45.7 Å². The molecule has 1 amide bonds. The Kier molecular flexibility index (Phi) is 4.25. The summed E-state index contributed by atoms with van der Waals surface area (Å²) in [5.74, 6) is 0.116. The van der Waals surface area contributed by atoms with Gasteiger partial charge < -0.3 is 10.6 Å². The number of carbonyl (C=O) groups is 1. The summed E-state index contributed by atoms with van der Waals surface area (Å²) in [6, 6.07) is 8.49. The van der Waals surface area contributed by atoms with Crippen LogP contribution in [0.15, 0.2) is 24.3 Å². The van der Waals surface area contributed by atoms with Crippen molar-refractivity contribution in [3.05, 3.63) is 35.4 Å². The molecule has 0 aliphatic carbocycles. The SMILES string of the molecule is Cc1ccc(C(C)(C)C(=O)NC2CCCNC2)cc1. The highest BCUT2D eigenvalue weighted by Gasteiger charge is 2.31. The van der Waals surface area contributed by atoms with Crippen molar-refractivity contribution >= 4 is 5.91 Å². The van der Waals surface area contributed by atoms with Gasteiger partial charge in [-0.2, -0.15) is 0 Å². The van der Waals surface area contributed by atoms with Crippen molar-refractivity contribution in [2.45, 2.75) is 45.1 Å². The zero-order valence-electron chi connectivity index (χ0n) is 12.1. The van der Waals surface area contributed by atoms with Gasteiger partial charge in [-0.3, -0.25) is 4.79 Å². The molecule has 1 aromatic rings. The van der Waals surface area contributed by atoms with E-state index in [2.05, 4.69) is 29.7 Å². The van der Waals surface area contributed by atoms with E-state index >= 15 is 0 Å². The van der Waals surface area contributed by atoms with Crippen molar-refractivity contribution in [1.82, 2.24) is 10.6 Å². The van der Waals surface area contributed by atoms with Gasteiger partial charge in [-0.25, -0.2) is 0 Å². The van der Waals surface area contributed by atoms with Crippen LogP contribution in [0.5, 0.6) is 0 Å². The van der Waals surface area contributed by atoms with Gasteiger partial charge in [0.15, 0.2) is 0 Å². The molecule has 1 aromatic carbocycles. The normalized spacial score (nSPS) is 20.1. The molecule has 1 atom stereocenters. The average molecular weight is 260 g/mol. The topological polar surface area (TPSA) is 41.1 Å². The molecule has 1 heterocycles. The summed E-state index contributed by atoms with van der Waals surface area (Å²) in [6.07, 6.45) is 2.21. The van der Waals surface area contributed by atoms with Crippen molar-refractivity contribution in [2.75, 3.05) is 13.1 Å². The summed E-state index contributed by atoms with van der Waals surface area (Å²) in [5, 5.41) is 6.49. The van der Waals surface area contributed by atoms with E-state index in [0.29, 0.717) is 0 Å². The minimum Gasteiger partial charge on any atom is -0.351 e. The Balaban J connectivity index is 2.05. The molecule has 0 saturated carbocycles. The van der Waals surface area contributed by atoms with Gasteiger partial charge in [-0.15, -0.1) is 0 Å². The zero-order chi connectivity index (χ0) is 13.9. The first kappa shape index (κ1) is 14.1. The summed E-state index contributed by atoms with van der Waals surface area (Å²) < 4.78 is 0. The molecular weight excluding hydrogens is 236 g/mol. The van der Waals surface area contributed by atoms with Crippen LogP contribution in [-0.4, -0.2) is 25.0 Å². The Morgan fingerprint density at radius 2 is 2.00 bits per heavy atom. The second kappa shape index (κ2) is 5.74. The summed E-state index contributed by atoms with van der Waals surface area (Å²) in [4.78, 5) is 12.5. The number of hydrogen-bond acceptors (Lipinski definition) is 2. The standard InChI is InChI=1S/C16H24N2O/c1-12-6-8-13(9-7-12)16(2,3)15(19)18-14-5-4-10-17-11-14/h6-9,14,17H,4-5,10-11H2,1-3H3,(H,18,19). The van der Waals surface area contributed by atoms with Gasteiger partial charge in [0.05, 0.1) is 5.41 Å². The maximum atomic E-state index is 12.5. The third kappa shape index (κ3) is 3.35. The Morgan fingerprint density at radius 1 is 1.32 bits per heavy atom. The molecule has 1 aliphatic heterocycles. The Morgan fingerprint density at radius 3 is 2.58 bits per heavy atom. The number of rotatable bonds is 3. The summed E-state index contributed by atoms with van der Waals surface area (Å²) in [5.41, 5.74) is 1.81. The minimum absolute atomic E-state index is 0.116. The minimum atomic E-state index is -0.481. The molecule has 1 saturated heterocycles. The van der Waals surface area contributed by atoms with Crippen molar-refractivity contribution in [3.63, 3.8) is 0 Å². The van der Waals surface area contributed by atoms with E-state index in [1.54, 1.807) is 0 Å². The number of benzene rings is 1. The Labute approximate surface area is 115 Å². The number of nitrogens with one attached hydrogen (secondary N) is 2. The molecule has 1 aliphatic rings. The summed E-state index contributed by atoms with van der Waals surface area (Å²) >= 11 is 0. The smallest absolute Gasteiger partial charge is 0.230 e. The van der Waals surface area contributed by atoms with E-state index in [0.717, 1.165) is 31.5 Å². The average Bonchev–Trinajstić information content (AvgIpc) is 2.40. The first-order valence-corrected chi connectivity index (χ1v) is 7.09. The zero-order valence-corrected chi connectivity index (χ0v) is 12.1. The molecule has 19 heavy (non-hydrogen) atoms. The molecule has 1 unspecified atom stereocenters. The van der Waals surface area contributed by atoms with E-state index < -0.39 is 5.41 Å². The lowest BCUT2D eigenvalue weighted by Gasteiger charge is -2.30. The van der Waals surface area contributed by atoms with Gasteiger partial charge in [0, 0.05) is 12.6 Å². The van der Waals surface area contributed by atoms with Crippen molar-refractivity contribution in [1.29, 1.82) is 0 Å². The molecule has 2 N–H and O–H groups in total. The lowest BCUT2D eigenvalue weighted by atomic mass is 9.83. The lowest BCUT2D eigenvalue weighted by Crippen LogP contribution is -2.50. The summed E-state index contributed by atoms with van der Waals surface area (Å²) in [6.45, 7) is 7.99. The monoisotopic (exact) mass is 260 g/mol. The molecule has 3 heteroatoms. The quantitative estimate of drug-likeness (QED) is 0.874. The van der Waals surface area contributed by atoms with Crippen LogP contribution < -0.4 is 10.6 Å². The van der Waals surface area contributed by atoms with Crippen LogP contribution in [0.3, 0.4) is 0 Å². The highest BCUT2D eigenvalue weighted by atomic mass is 16.2. The fraction of sp³-hybridized carbons (Fsp3) is 0.562. The number of piperidine rings is 1. The van der Waals surface area contributed by atoms with E-state index in [1.807, 2.05) is 26.0 Å². The fourth-order valence-electron chi connectivity index (χ4n) is 2.44. The maximum absolute atomic E-state index is 12.5. The predicted molar refractivity (Wildman–Crippen MR) is 78.2 cm³/mol. The lowest BCUT2D eigenvalue weighted by molar-refractivity contribution is -0.126. The molecule has 104 valence electrons. The molecule has 0 radical (unpaired) electrons. The third-order valence-electron chi connectivity index (χ3n) is 3.97. The van der Waals surface area contributed by atoms with Crippen molar-refractivity contribution in [2.24, 2.45) is 0 Å². The van der Waals surface area contributed by atoms with Crippen molar-refractivity contribution in [3.8, 4) is 0 Å². The van der Waals surface area contributed by atoms with Gasteiger partial charge in [0.25, 0.3) is 0 Å². The molecule has 0 bridgehead atoms. The molecule has 2 rings (SSSR count). The fourth-order valence-corrected chi connectivity index (χ4v) is 2.44. The third-order valence-corrected chi connectivity index (χ3v) is 3.97. The van der Waals surface area contributed by atoms with Gasteiger partial charge >= 0.3 is 0 Å². The van der Waals surface area contributed by atoms with Gasteiger partial charge in [-0.1, -0.05) is 29.8 Å². The van der Waals surface area contributed by atoms with E-state index in [-0.39, 0.29) is 11.9 Å².